The van der Waals surface area contributed by atoms with Crippen LogP contribution in [0.25, 0.3) is 0 Å². The summed E-state index contributed by atoms with van der Waals surface area (Å²) in [6.45, 7) is 6.17. The predicted molar refractivity (Wildman–Crippen MR) is 61.0 cm³/mol. The summed E-state index contributed by atoms with van der Waals surface area (Å²) >= 11 is 0. The molecule has 0 aliphatic carbocycles. The number of nitrogens with zero attached hydrogens (tertiary/aromatic N) is 2. The van der Waals surface area contributed by atoms with Gasteiger partial charge in [-0.25, -0.2) is 0 Å². The Bertz CT molecular complexity index is 337. The van der Waals surface area contributed by atoms with Crippen LogP contribution in [0.4, 0.5) is 0 Å². The van der Waals surface area contributed by atoms with Crippen LogP contribution < -0.4 is 0 Å². The maximum Gasteiger partial charge on any atom is 0.183 e. The molecule has 0 atom stereocenters. The van der Waals surface area contributed by atoms with Gasteiger partial charge in [-0.05, 0) is 25.3 Å². The Kier molecular flexibility index (Phi) is 4.06. The Morgan fingerprint density at radius 1 is 1.40 bits per heavy atom. The fourth-order valence-electron chi connectivity index (χ4n) is 1.80. The van der Waals surface area contributed by atoms with E-state index in [4.69, 9.17) is 0 Å². The van der Waals surface area contributed by atoms with E-state index in [1.165, 1.54) is 0 Å². The van der Waals surface area contributed by atoms with Gasteiger partial charge in [0.1, 0.15) is 5.69 Å². The molecule has 3 heteroatoms. The minimum Gasteiger partial charge on any atom is -0.292 e. The number of rotatable bonds is 5. The van der Waals surface area contributed by atoms with Crippen molar-refractivity contribution in [3.63, 3.8) is 0 Å². The number of carbonyl (C=O) groups is 1. The van der Waals surface area contributed by atoms with Crippen LogP contribution in [0, 0.1) is 5.92 Å². The number of Topliss-reactive ketones (excluding diaryl/α,β-unsaturated/α-hetero) is 1. The quantitative estimate of drug-likeness (QED) is 0.697. The van der Waals surface area contributed by atoms with Gasteiger partial charge in [-0.2, -0.15) is 5.10 Å². The highest BCUT2D eigenvalue weighted by atomic mass is 16.1. The molecule has 1 heterocycles. The number of hydrogen-bond acceptors (Lipinski definition) is 2. The van der Waals surface area contributed by atoms with E-state index < -0.39 is 0 Å². The maximum absolute atomic E-state index is 12.1. The first-order valence-corrected chi connectivity index (χ1v) is 5.71. The Morgan fingerprint density at radius 3 is 2.40 bits per heavy atom. The number of hydrogen-bond donors (Lipinski definition) is 0. The van der Waals surface area contributed by atoms with Gasteiger partial charge in [-0.3, -0.25) is 9.48 Å². The van der Waals surface area contributed by atoms with Crippen molar-refractivity contribution >= 4 is 5.78 Å². The van der Waals surface area contributed by atoms with Crippen molar-refractivity contribution in [3.8, 4) is 0 Å². The van der Waals surface area contributed by atoms with Gasteiger partial charge < -0.3 is 0 Å². The SMILES string of the molecule is CCc1cc(C(=O)C(CC)CC)n(C)n1. The largest absolute Gasteiger partial charge is 0.292 e. The summed E-state index contributed by atoms with van der Waals surface area (Å²) in [5, 5.41) is 4.30. The third-order valence-corrected chi connectivity index (χ3v) is 2.90. The Morgan fingerprint density at radius 2 is 2.00 bits per heavy atom. The molecule has 0 N–H and O–H groups in total. The molecule has 0 fully saturated rings. The summed E-state index contributed by atoms with van der Waals surface area (Å²) < 4.78 is 1.71. The molecule has 84 valence electrons. The van der Waals surface area contributed by atoms with Crippen LogP contribution in [0.3, 0.4) is 0 Å². The van der Waals surface area contributed by atoms with Gasteiger partial charge in [0.15, 0.2) is 5.78 Å². The van der Waals surface area contributed by atoms with Crippen LogP contribution in [0.1, 0.15) is 49.8 Å². The van der Waals surface area contributed by atoms with E-state index in [1.807, 2.05) is 20.0 Å². The zero-order valence-electron chi connectivity index (χ0n) is 10.1. The fourth-order valence-corrected chi connectivity index (χ4v) is 1.80. The van der Waals surface area contributed by atoms with Crippen LogP contribution in [-0.2, 0) is 13.5 Å². The molecular weight excluding hydrogens is 188 g/mol. The molecular formula is C12H20N2O. The van der Waals surface area contributed by atoms with Crippen molar-refractivity contribution in [2.75, 3.05) is 0 Å². The van der Waals surface area contributed by atoms with Crippen molar-refractivity contribution in [1.29, 1.82) is 0 Å². The van der Waals surface area contributed by atoms with Gasteiger partial charge in [0.25, 0.3) is 0 Å². The first-order chi connectivity index (χ1) is 7.13. The Balaban J connectivity index is 2.94. The lowest BCUT2D eigenvalue weighted by Gasteiger charge is -2.10. The summed E-state index contributed by atoms with van der Waals surface area (Å²) in [5.74, 6) is 0.375. The van der Waals surface area contributed by atoms with Gasteiger partial charge in [0.05, 0.1) is 5.69 Å². The zero-order valence-corrected chi connectivity index (χ0v) is 10.1. The van der Waals surface area contributed by atoms with Crippen LogP contribution in [0.15, 0.2) is 6.07 Å². The number of aromatic nitrogens is 2. The van der Waals surface area contributed by atoms with Crippen LogP contribution >= 0.6 is 0 Å². The third-order valence-electron chi connectivity index (χ3n) is 2.90. The second-order valence-corrected chi connectivity index (χ2v) is 3.88. The molecule has 0 aliphatic rings. The lowest BCUT2D eigenvalue weighted by Crippen LogP contribution is -2.16. The first-order valence-electron chi connectivity index (χ1n) is 5.71. The minimum absolute atomic E-state index is 0.144. The number of aryl methyl sites for hydroxylation is 2. The molecule has 0 spiro atoms. The van der Waals surface area contributed by atoms with Crippen LogP contribution in [-0.4, -0.2) is 15.6 Å². The molecule has 0 saturated carbocycles. The van der Waals surface area contributed by atoms with Gasteiger partial charge in [-0.15, -0.1) is 0 Å². The normalized spacial score (nSPS) is 11.0. The molecule has 0 amide bonds. The molecule has 0 aliphatic heterocycles. The standard InChI is InChI=1S/C12H20N2O/c1-5-9(6-2)12(15)11-8-10(7-3)13-14(11)4/h8-9H,5-7H2,1-4H3. The lowest BCUT2D eigenvalue weighted by molar-refractivity contribution is 0.0903. The fraction of sp³-hybridized carbons (Fsp3) is 0.667. The molecule has 1 aromatic heterocycles. The Hall–Kier alpha value is -1.12. The Labute approximate surface area is 91.5 Å². The zero-order chi connectivity index (χ0) is 11.4. The highest BCUT2D eigenvalue weighted by Gasteiger charge is 2.20. The summed E-state index contributed by atoms with van der Waals surface area (Å²) in [6, 6.07) is 1.92. The average Bonchev–Trinajstić information content (AvgIpc) is 2.61. The summed E-state index contributed by atoms with van der Waals surface area (Å²) in [6.07, 6.45) is 2.69. The first kappa shape index (κ1) is 12.0. The van der Waals surface area contributed by atoms with E-state index >= 15 is 0 Å². The van der Waals surface area contributed by atoms with E-state index in [0.29, 0.717) is 0 Å². The van der Waals surface area contributed by atoms with Crippen LogP contribution in [0.2, 0.25) is 0 Å². The van der Waals surface area contributed by atoms with Crippen molar-refractivity contribution in [2.45, 2.75) is 40.0 Å². The molecule has 15 heavy (non-hydrogen) atoms. The topological polar surface area (TPSA) is 34.9 Å². The molecule has 0 unspecified atom stereocenters. The number of carbonyl (C=O) groups excluding carboxylic acids is 1. The monoisotopic (exact) mass is 208 g/mol. The second kappa shape index (κ2) is 5.10. The highest BCUT2D eigenvalue weighted by Crippen LogP contribution is 2.16. The molecule has 0 aromatic carbocycles. The van der Waals surface area contributed by atoms with E-state index in [2.05, 4.69) is 18.9 Å². The molecule has 0 bridgehead atoms. The van der Waals surface area contributed by atoms with Crippen molar-refractivity contribution in [1.82, 2.24) is 9.78 Å². The summed E-state index contributed by atoms with van der Waals surface area (Å²) in [5.41, 5.74) is 1.74. The summed E-state index contributed by atoms with van der Waals surface area (Å²) in [7, 11) is 1.84. The summed E-state index contributed by atoms with van der Waals surface area (Å²) in [4.78, 5) is 12.1. The van der Waals surface area contributed by atoms with E-state index in [-0.39, 0.29) is 11.7 Å². The van der Waals surface area contributed by atoms with Gasteiger partial charge in [0, 0.05) is 13.0 Å². The number of ketones is 1. The smallest absolute Gasteiger partial charge is 0.183 e. The van der Waals surface area contributed by atoms with Gasteiger partial charge in [0.2, 0.25) is 0 Å². The van der Waals surface area contributed by atoms with Crippen LogP contribution in [0.5, 0.6) is 0 Å². The molecule has 1 aromatic rings. The third kappa shape index (κ3) is 2.46. The molecule has 0 saturated heterocycles. The van der Waals surface area contributed by atoms with E-state index in [0.717, 1.165) is 30.7 Å². The maximum atomic E-state index is 12.1. The minimum atomic E-state index is 0.144. The van der Waals surface area contributed by atoms with Crippen molar-refractivity contribution < 1.29 is 4.79 Å². The van der Waals surface area contributed by atoms with Crippen molar-refractivity contribution in [3.05, 3.63) is 17.5 Å². The predicted octanol–water partition coefficient (Wildman–Crippen LogP) is 2.60. The molecule has 1 rings (SSSR count). The highest BCUT2D eigenvalue weighted by molar-refractivity contribution is 5.96. The van der Waals surface area contributed by atoms with E-state index in [9.17, 15) is 4.79 Å². The van der Waals surface area contributed by atoms with Gasteiger partial charge >= 0.3 is 0 Å². The average molecular weight is 208 g/mol. The van der Waals surface area contributed by atoms with E-state index in [1.54, 1.807) is 4.68 Å². The second-order valence-electron chi connectivity index (χ2n) is 3.88. The van der Waals surface area contributed by atoms with Gasteiger partial charge in [-0.1, -0.05) is 20.8 Å². The lowest BCUT2D eigenvalue weighted by atomic mass is 9.96. The van der Waals surface area contributed by atoms with Crippen molar-refractivity contribution in [2.24, 2.45) is 13.0 Å². The molecule has 3 nitrogen and oxygen atoms in total. The molecule has 0 radical (unpaired) electrons.